The summed E-state index contributed by atoms with van der Waals surface area (Å²) in [7, 11) is -3.53. The molecule has 0 spiro atoms. The van der Waals surface area contributed by atoms with E-state index in [0.717, 1.165) is 0 Å². The zero-order chi connectivity index (χ0) is 18.3. The minimum atomic E-state index is -3.53. The standard InChI is InChI=1S/C16H24N2O5S/c1-4-17-24(22,23)13-7-5-12(6-8-13)10-15(19)18-14(16(20)21)9-11(2)3/h5-8,11,14,17H,4,9-10H2,1-3H3,(H,18,19)(H,20,21). The molecule has 0 saturated heterocycles. The number of hydrogen-bond donors (Lipinski definition) is 3. The van der Waals surface area contributed by atoms with Crippen LogP contribution < -0.4 is 10.0 Å². The molecule has 0 bridgehead atoms. The summed E-state index contributed by atoms with van der Waals surface area (Å²) in [6, 6.07) is 5.00. The second-order valence-electron chi connectivity index (χ2n) is 5.91. The third-order valence-electron chi connectivity index (χ3n) is 3.27. The normalized spacial score (nSPS) is 12.8. The van der Waals surface area contributed by atoms with E-state index in [1.54, 1.807) is 19.1 Å². The highest BCUT2D eigenvalue weighted by Crippen LogP contribution is 2.11. The highest BCUT2D eigenvalue weighted by atomic mass is 32.2. The third kappa shape index (κ3) is 6.29. The topological polar surface area (TPSA) is 113 Å². The van der Waals surface area contributed by atoms with Crippen molar-refractivity contribution in [3.8, 4) is 0 Å². The van der Waals surface area contributed by atoms with E-state index < -0.39 is 27.9 Å². The van der Waals surface area contributed by atoms with Crippen molar-refractivity contribution in [3.05, 3.63) is 29.8 Å². The molecular weight excluding hydrogens is 332 g/mol. The Hall–Kier alpha value is -1.93. The Balaban J connectivity index is 2.72. The molecule has 0 saturated carbocycles. The van der Waals surface area contributed by atoms with Gasteiger partial charge in [0.05, 0.1) is 11.3 Å². The van der Waals surface area contributed by atoms with E-state index in [4.69, 9.17) is 5.11 Å². The van der Waals surface area contributed by atoms with E-state index in [9.17, 15) is 18.0 Å². The molecule has 24 heavy (non-hydrogen) atoms. The van der Waals surface area contributed by atoms with Crippen molar-refractivity contribution in [2.24, 2.45) is 5.92 Å². The Labute approximate surface area is 142 Å². The van der Waals surface area contributed by atoms with Crippen LogP contribution in [0.3, 0.4) is 0 Å². The molecule has 8 heteroatoms. The molecule has 1 aromatic carbocycles. The Morgan fingerprint density at radius 2 is 1.75 bits per heavy atom. The van der Waals surface area contributed by atoms with Crippen molar-refractivity contribution in [2.45, 2.75) is 44.6 Å². The van der Waals surface area contributed by atoms with Gasteiger partial charge in [0, 0.05) is 6.54 Å². The summed E-state index contributed by atoms with van der Waals surface area (Å²) < 4.78 is 26.0. The lowest BCUT2D eigenvalue weighted by Crippen LogP contribution is -2.42. The van der Waals surface area contributed by atoms with Crippen molar-refractivity contribution in [1.82, 2.24) is 10.0 Å². The van der Waals surface area contributed by atoms with Crippen LogP contribution >= 0.6 is 0 Å². The Kier molecular flexibility index (Phi) is 7.37. The Morgan fingerprint density at radius 1 is 1.17 bits per heavy atom. The third-order valence-corrected chi connectivity index (χ3v) is 4.83. The molecule has 1 aromatic rings. The molecule has 1 amide bonds. The van der Waals surface area contributed by atoms with Crippen LogP contribution in [0.25, 0.3) is 0 Å². The molecule has 0 aromatic heterocycles. The van der Waals surface area contributed by atoms with Gasteiger partial charge in [0.15, 0.2) is 0 Å². The smallest absolute Gasteiger partial charge is 0.326 e. The highest BCUT2D eigenvalue weighted by Gasteiger charge is 2.21. The van der Waals surface area contributed by atoms with Crippen LogP contribution in [0.2, 0.25) is 0 Å². The largest absolute Gasteiger partial charge is 0.480 e. The fraction of sp³-hybridized carbons (Fsp3) is 0.500. The summed E-state index contributed by atoms with van der Waals surface area (Å²) in [5.74, 6) is -1.34. The number of carbonyl (C=O) groups excluding carboxylic acids is 1. The Morgan fingerprint density at radius 3 is 2.21 bits per heavy atom. The van der Waals surface area contributed by atoms with Gasteiger partial charge in [-0.3, -0.25) is 4.79 Å². The average molecular weight is 356 g/mol. The lowest BCUT2D eigenvalue weighted by atomic mass is 10.0. The van der Waals surface area contributed by atoms with Crippen LogP contribution in [0.4, 0.5) is 0 Å². The van der Waals surface area contributed by atoms with Crippen molar-refractivity contribution in [2.75, 3.05) is 6.54 Å². The molecule has 1 atom stereocenters. The second kappa shape index (κ2) is 8.79. The van der Waals surface area contributed by atoms with Crippen molar-refractivity contribution < 1.29 is 23.1 Å². The van der Waals surface area contributed by atoms with Crippen LogP contribution in [-0.2, 0) is 26.0 Å². The molecule has 3 N–H and O–H groups in total. The monoisotopic (exact) mass is 356 g/mol. The summed E-state index contributed by atoms with van der Waals surface area (Å²) in [6.45, 7) is 5.74. The number of hydrogen-bond acceptors (Lipinski definition) is 4. The van der Waals surface area contributed by atoms with Gasteiger partial charge in [0.25, 0.3) is 0 Å². The summed E-state index contributed by atoms with van der Waals surface area (Å²) in [5.41, 5.74) is 0.608. The van der Waals surface area contributed by atoms with E-state index in [1.807, 2.05) is 13.8 Å². The first-order valence-corrected chi connectivity index (χ1v) is 9.24. The zero-order valence-electron chi connectivity index (χ0n) is 14.1. The molecule has 0 fully saturated rings. The highest BCUT2D eigenvalue weighted by molar-refractivity contribution is 7.89. The molecular formula is C16H24N2O5S. The molecule has 1 unspecified atom stereocenters. The summed E-state index contributed by atoms with van der Waals surface area (Å²) >= 11 is 0. The number of carboxylic acids is 1. The lowest BCUT2D eigenvalue weighted by Gasteiger charge is -2.16. The van der Waals surface area contributed by atoms with E-state index in [0.29, 0.717) is 18.5 Å². The van der Waals surface area contributed by atoms with Gasteiger partial charge in [-0.15, -0.1) is 0 Å². The molecule has 134 valence electrons. The summed E-state index contributed by atoms with van der Waals surface area (Å²) in [5, 5.41) is 11.6. The number of benzene rings is 1. The number of carboxylic acid groups (broad SMARTS) is 1. The van der Waals surface area contributed by atoms with Gasteiger partial charge < -0.3 is 10.4 Å². The predicted octanol–water partition coefficient (Wildman–Crippen LogP) is 1.14. The van der Waals surface area contributed by atoms with E-state index >= 15 is 0 Å². The summed E-state index contributed by atoms with van der Waals surface area (Å²) in [6.07, 6.45) is 0.338. The SMILES string of the molecule is CCNS(=O)(=O)c1ccc(CC(=O)NC(CC(C)C)C(=O)O)cc1. The van der Waals surface area contributed by atoms with E-state index in [2.05, 4.69) is 10.0 Å². The second-order valence-corrected chi connectivity index (χ2v) is 7.68. The Bertz CT molecular complexity index is 668. The van der Waals surface area contributed by atoms with Crippen LogP contribution in [-0.4, -0.2) is 38.0 Å². The maximum Gasteiger partial charge on any atom is 0.326 e. The van der Waals surface area contributed by atoms with Crippen molar-refractivity contribution in [1.29, 1.82) is 0 Å². The number of rotatable bonds is 9. The molecule has 0 heterocycles. The van der Waals surface area contributed by atoms with Gasteiger partial charge in [-0.2, -0.15) is 0 Å². The van der Waals surface area contributed by atoms with Gasteiger partial charge in [-0.05, 0) is 30.0 Å². The van der Waals surface area contributed by atoms with Crippen molar-refractivity contribution >= 4 is 21.9 Å². The zero-order valence-corrected chi connectivity index (χ0v) is 14.9. The van der Waals surface area contributed by atoms with E-state index in [-0.39, 0.29) is 17.2 Å². The lowest BCUT2D eigenvalue weighted by molar-refractivity contribution is -0.142. The van der Waals surface area contributed by atoms with Crippen LogP contribution in [0.15, 0.2) is 29.2 Å². The maximum absolute atomic E-state index is 12.0. The van der Waals surface area contributed by atoms with Crippen LogP contribution in [0.1, 0.15) is 32.8 Å². The first-order valence-electron chi connectivity index (χ1n) is 7.76. The van der Waals surface area contributed by atoms with Gasteiger partial charge in [0.2, 0.25) is 15.9 Å². The van der Waals surface area contributed by atoms with Crippen molar-refractivity contribution in [3.63, 3.8) is 0 Å². The number of amides is 1. The average Bonchev–Trinajstić information content (AvgIpc) is 2.46. The maximum atomic E-state index is 12.0. The van der Waals surface area contributed by atoms with Crippen LogP contribution in [0.5, 0.6) is 0 Å². The number of nitrogens with one attached hydrogen (secondary N) is 2. The molecule has 7 nitrogen and oxygen atoms in total. The predicted molar refractivity (Wildman–Crippen MR) is 90.0 cm³/mol. The fourth-order valence-electron chi connectivity index (χ4n) is 2.18. The first kappa shape index (κ1) is 20.1. The first-order chi connectivity index (χ1) is 11.2. The summed E-state index contributed by atoms with van der Waals surface area (Å²) in [4.78, 5) is 23.3. The number of sulfonamides is 1. The van der Waals surface area contributed by atoms with Crippen LogP contribution in [0, 0.1) is 5.92 Å². The minimum Gasteiger partial charge on any atom is -0.480 e. The molecule has 0 aliphatic heterocycles. The quantitative estimate of drug-likeness (QED) is 0.614. The van der Waals surface area contributed by atoms with Gasteiger partial charge in [-0.1, -0.05) is 32.9 Å². The molecule has 0 aliphatic carbocycles. The molecule has 1 rings (SSSR count). The van der Waals surface area contributed by atoms with E-state index in [1.165, 1.54) is 12.1 Å². The molecule has 0 radical (unpaired) electrons. The van der Waals surface area contributed by atoms with Gasteiger partial charge >= 0.3 is 5.97 Å². The van der Waals surface area contributed by atoms with Gasteiger partial charge in [0.1, 0.15) is 6.04 Å². The minimum absolute atomic E-state index is 0.0105. The number of carbonyl (C=O) groups is 2. The fourth-order valence-corrected chi connectivity index (χ4v) is 3.22. The number of aliphatic carboxylic acids is 1. The van der Waals surface area contributed by atoms with Gasteiger partial charge in [-0.25, -0.2) is 17.9 Å². The molecule has 0 aliphatic rings.